The molecule has 0 fully saturated rings. The number of hydrazone groups is 1. The first-order chi connectivity index (χ1) is 15.3. The molecule has 2 amide bonds. The molecule has 0 spiro atoms. The number of hydrogen-bond donors (Lipinski definition) is 2. The molecule has 3 aromatic rings. The van der Waals surface area contributed by atoms with Gasteiger partial charge in [0.25, 0.3) is 11.8 Å². The number of carbonyl (C=O) groups excluding carboxylic acids is 2. The summed E-state index contributed by atoms with van der Waals surface area (Å²) in [5.41, 5.74) is 7.89. The van der Waals surface area contributed by atoms with Crippen LogP contribution in [0.15, 0.2) is 52.0 Å². The quantitative estimate of drug-likeness (QED) is 0.564. The monoisotopic (exact) mass is 433 g/mol. The standard InChI is InChI=1S/C25H24FN3O3/c1-14-7-12-19(13-15(14)2)27-25(31)23-16(3)22-20(5-4-6-21(22)32-23)28-29-24(30)17-8-10-18(26)11-9-17/h7-13H,4-6H2,1-3H3,(H,27,31)(H,29,30)/b28-20+. The van der Waals surface area contributed by atoms with Gasteiger partial charge in [-0.05, 0) is 81.1 Å². The topological polar surface area (TPSA) is 83.7 Å². The molecule has 164 valence electrons. The predicted octanol–water partition coefficient (Wildman–Crippen LogP) is 5.07. The van der Waals surface area contributed by atoms with Crippen molar-refractivity contribution in [1.82, 2.24) is 5.43 Å². The number of benzene rings is 2. The summed E-state index contributed by atoms with van der Waals surface area (Å²) in [4.78, 5) is 25.2. The number of fused-ring (bicyclic) bond motifs is 1. The number of halogens is 1. The Kier molecular flexibility index (Phi) is 5.90. The van der Waals surface area contributed by atoms with Gasteiger partial charge in [0, 0.05) is 28.8 Å². The SMILES string of the molecule is Cc1ccc(NC(=O)c2oc3c(c2C)/C(=N/NC(=O)c2ccc(F)cc2)CCC3)cc1C. The summed E-state index contributed by atoms with van der Waals surface area (Å²) in [6.45, 7) is 5.83. The second-order valence-electron chi connectivity index (χ2n) is 7.97. The lowest BCUT2D eigenvalue weighted by Crippen LogP contribution is -2.22. The molecule has 0 saturated heterocycles. The van der Waals surface area contributed by atoms with Gasteiger partial charge in [-0.25, -0.2) is 9.82 Å². The Morgan fingerprint density at radius 1 is 0.969 bits per heavy atom. The van der Waals surface area contributed by atoms with Gasteiger partial charge in [0.1, 0.15) is 11.6 Å². The average molecular weight is 433 g/mol. The molecule has 0 unspecified atom stereocenters. The Hall–Kier alpha value is -3.74. The molecule has 4 rings (SSSR count). The second-order valence-corrected chi connectivity index (χ2v) is 7.97. The van der Waals surface area contributed by atoms with E-state index in [0.29, 0.717) is 41.1 Å². The van der Waals surface area contributed by atoms with E-state index in [4.69, 9.17) is 4.42 Å². The zero-order chi connectivity index (χ0) is 22.8. The van der Waals surface area contributed by atoms with Gasteiger partial charge >= 0.3 is 0 Å². The van der Waals surface area contributed by atoms with Gasteiger partial charge in [-0.15, -0.1) is 0 Å². The summed E-state index contributed by atoms with van der Waals surface area (Å²) in [7, 11) is 0. The van der Waals surface area contributed by atoms with Crippen LogP contribution < -0.4 is 10.7 Å². The third-order valence-corrected chi connectivity index (χ3v) is 5.70. The van der Waals surface area contributed by atoms with Crippen molar-refractivity contribution < 1.29 is 18.4 Å². The number of hydrogen-bond acceptors (Lipinski definition) is 4. The lowest BCUT2D eigenvalue weighted by atomic mass is 9.93. The Morgan fingerprint density at radius 2 is 1.72 bits per heavy atom. The van der Waals surface area contributed by atoms with E-state index in [-0.39, 0.29) is 11.7 Å². The van der Waals surface area contributed by atoms with Crippen molar-refractivity contribution >= 4 is 23.2 Å². The normalized spacial score (nSPS) is 14.2. The van der Waals surface area contributed by atoms with Crippen molar-refractivity contribution in [2.75, 3.05) is 5.32 Å². The molecule has 1 aliphatic carbocycles. The maximum absolute atomic E-state index is 13.1. The highest BCUT2D eigenvalue weighted by Gasteiger charge is 2.28. The van der Waals surface area contributed by atoms with E-state index in [2.05, 4.69) is 15.8 Å². The van der Waals surface area contributed by atoms with Gasteiger partial charge in [0.2, 0.25) is 0 Å². The largest absolute Gasteiger partial charge is 0.455 e. The molecule has 2 aromatic carbocycles. The van der Waals surface area contributed by atoms with E-state index in [1.807, 2.05) is 39.0 Å². The highest BCUT2D eigenvalue weighted by atomic mass is 19.1. The summed E-state index contributed by atoms with van der Waals surface area (Å²) < 4.78 is 19.0. The van der Waals surface area contributed by atoms with Gasteiger partial charge in [0.15, 0.2) is 5.76 Å². The second kappa shape index (κ2) is 8.78. The van der Waals surface area contributed by atoms with Crippen LogP contribution >= 0.6 is 0 Å². The lowest BCUT2D eigenvalue weighted by Gasteiger charge is -2.13. The van der Waals surface area contributed by atoms with E-state index in [1.54, 1.807) is 0 Å². The number of aryl methyl sites for hydroxylation is 3. The molecule has 1 aliphatic rings. The first-order valence-corrected chi connectivity index (χ1v) is 10.5. The van der Waals surface area contributed by atoms with Crippen LogP contribution in [-0.4, -0.2) is 17.5 Å². The van der Waals surface area contributed by atoms with E-state index in [9.17, 15) is 14.0 Å². The summed E-state index contributed by atoms with van der Waals surface area (Å²) in [5, 5.41) is 7.19. The molecular weight excluding hydrogens is 409 g/mol. The maximum Gasteiger partial charge on any atom is 0.291 e. The summed E-state index contributed by atoms with van der Waals surface area (Å²) in [5.74, 6) is -0.236. The molecule has 6 nitrogen and oxygen atoms in total. The lowest BCUT2D eigenvalue weighted by molar-refractivity contribution is 0.0953. The van der Waals surface area contributed by atoms with E-state index >= 15 is 0 Å². The molecule has 32 heavy (non-hydrogen) atoms. The molecule has 0 aliphatic heterocycles. The summed E-state index contributed by atoms with van der Waals surface area (Å²) >= 11 is 0. The van der Waals surface area contributed by atoms with E-state index in [1.165, 1.54) is 24.3 Å². The fourth-order valence-corrected chi connectivity index (χ4v) is 3.79. The predicted molar refractivity (Wildman–Crippen MR) is 121 cm³/mol. The Labute approximate surface area is 185 Å². The zero-order valence-electron chi connectivity index (χ0n) is 18.2. The van der Waals surface area contributed by atoms with E-state index < -0.39 is 11.7 Å². The van der Waals surface area contributed by atoms with Crippen LogP contribution in [0.3, 0.4) is 0 Å². The Balaban J connectivity index is 1.56. The third-order valence-electron chi connectivity index (χ3n) is 5.70. The van der Waals surface area contributed by atoms with Crippen LogP contribution in [0.4, 0.5) is 10.1 Å². The first kappa shape index (κ1) is 21.5. The molecule has 7 heteroatoms. The van der Waals surface area contributed by atoms with Crippen LogP contribution in [0.5, 0.6) is 0 Å². The molecule has 1 aromatic heterocycles. The average Bonchev–Trinajstić information content (AvgIpc) is 3.12. The molecule has 2 N–H and O–H groups in total. The van der Waals surface area contributed by atoms with Crippen molar-refractivity contribution in [2.24, 2.45) is 5.10 Å². The minimum Gasteiger partial charge on any atom is -0.455 e. The molecule has 0 radical (unpaired) electrons. The van der Waals surface area contributed by atoms with Crippen molar-refractivity contribution in [3.05, 3.63) is 87.6 Å². The number of rotatable bonds is 4. The van der Waals surface area contributed by atoms with Crippen molar-refractivity contribution in [1.29, 1.82) is 0 Å². The van der Waals surface area contributed by atoms with Crippen LogP contribution in [0.25, 0.3) is 0 Å². The van der Waals surface area contributed by atoms with Gasteiger partial charge < -0.3 is 9.73 Å². The smallest absolute Gasteiger partial charge is 0.291 e. The van der Waals surface area contributed by atoms with Crippen LogP contribution in [0, 0.1) is 26.6 Å². The zero-order valence-corrected chi connectivity index (χ0v) is 18.2. The van der Waals surface area contributed by atoms with Gasteiger partial charge in [-0.3, -0.25) is 9.59 Å². The minimum atomic E-state index is -0.432. The van der Waals surface area contributed by atoms with Gasteiger partial charge in [-0.2, -0.15) is 5.10 Å². The number of nitrogens with one attached hydrogen (secondary N) is 2. The molecule has 0 bridgehead atoms. The van der Waals surface area contributed by atoms with Crippen LogP contribution in [-0.2, 0) is 6.42 Å². The molecule has 0 atom stereocenters. The van der Waals surface area contributed by atoms with Crippen molar-refractivity contribution in [3.63, 3.8) is 0 Å². The highest BCUT2D eigenvalue weighted by Crippen LogP contribution is 2.30. The summed E-state index contributed by atoms with van der Waals surface area (Å²) in [6.07, 6.45) is 2.14. The summed E-state index contributed by atoms with van der Waals surface area (Å²) in [6, 6.07) is 11.0. The number of carbonyl (C=O) groups is 2. The van der Waals surface area contributed by atoms with Crippen molar-refractivity contribution in [3.8, 4) is 0 Å². The molecule has 1 heterocycles. The molecule has 0 saturated carbocycles. The fraction of sp³-hybridized carbons (Fsp3) is 0.240. The third kappa shape index (κ3) is 4.32. The van der Waals surface area contributed by atoms with Crippen LogP contribution in [0.2, 0.25) is 0 Å². The van der Waals surface area contributed by atoms with E-state index in [0.717, 1.165) is 23.1 Å². The number of nitrogens with zero attached hydrogens (tertiary/aromatic N) is 1. The number of anilines is 1. The number of furan rings is 1. The first-order valence-electron chi connectivity index (χ1n) is 10.5. The van der Waals surface area contributed by atoms with Crippen molar-refractivity contribution in [2.45, 2.75) is 40.0 Å². The fourth-order valence-electron chi connectivity index (χ4n) is 3.79. The highest BCUT2D eigenvalue weighted by molar-refractivity contribution is 6.09. The molecular formula is C25H24FN3O3. The van der Waals surface area contributed by atoms with Crippen LogP contribution in [0.1, 0.15) is 61.8 Å². The Bertz CT molecular complexity index is 1230. The minimum absolute atomic E-state index is 0.243. The van der Waals surface area contributed by atoms with Gasteiger partial charge in [0.05, 0.1) is 5.71 Å². The van der Waals surface area contributed by atoms with Gasteiger partial charge in [-0.1, -0.05) is 6.07 Å². The number of amides is 2. The Morgan fingerprint density at radius 3 is 2.44 bits per heavy atom. The maximum atomic E-state index is 13.1.